The Balaban J connectivity index is 1.79. The second-order valence-corrected chi connectivity index (χ2v) is 6.34. The van der Waals surface area contributed by atoms with Gasteiger partial charge in [-0.25, -0.2) is 4.79 Å². The van der Waals surface area contributed by atoms with E-state index in [1.54, 1.807) is 29.4 Å². The molecular weight excluding hydrogens is 330 g/mol. The number of benzene rings is 2. The highest BCUT2D eigenvalue weighted by Gasteiger charge is 2.28. The van der Waals surface area contributed by atoms with E-state index in [1.165, 1.54) is 0 Å². The molecule has 0 saturated heterocycles. The van der Waals surface area contributed by atoms with Crippen molar-refractivity contribution in [3.63, 3.8) is 0 Å². The Morgan fingerprint density at radius 3 is 2.69 bits per heavy atom. The fourth-order valence-corrected chi connectivity index (χ4v) is 2.85. The molecule has 0 spiro atoms. The van der Waals surface area contributed by atoms with Crippen molar-refractivity contribution in [1.29, 1.82) is 0 Å². The third-order valence-electron chi connectivity index (χ3n) is 4.14. The van der Waals surface area contributed by atoms with Crippen molar-refractivity contribution in [2.24, 2.45) is 11.0 Å². The molecule has 1 heterocycles. The molecule has 0 aliphatic carbocycles. The minimum absolute atomic E-state index is 0.131. The molecule has 130 valence electrons. The number of carbonyl (C=O) groups excluding carboxylic acids is 1. The maximum atomic E-state index is 13.0. The van der Waals surface area contributed by atoms with Gasteiger partial charge in [-0.15, -0.1) is 0 Å². The Bertz CT molecular complexity index is 885. The van der Waals surface area contributed by atoms with Gasteiger partial charge in [0.1, 0.15) is 21.4 Å². The summed E-state index contributed by atoms with van der Waals surface area (Å²) in [6.45, 7) is -0.0495. The van der Waals surface area contributed by atoms with Crippen molar-refractivity contribution in [2.45, 2.75) is 0 Å². The summed E-state index contributed by atoms with van der Waals surface area (Å²) in [5.41, 5.74) is 3.34. The van der Waals surface area contributed by atoms with Gasteiger partial charge in [-0.3, -0.25) is 9.80 Å². The average molecular weight is 348 g/mol. The summed E-state index contributed by atoms with van der Waals surface area (Å²) < 4.78 is 5.28. The Morgan fingerprint density at radius 1 is 1.19 bits per heavy atom. The lowest BCUT2D eigenvalue weighted by atomic mass is 9.90. The molecule has 2 aromatic rings. The number of Topliss-reactive ketones (excluding diaryl/α,β-unsaturated/α-hetero) is 1. The van der Waals surface area contributed by atoms with Crippen molar-refractivity contribution in [3.8, 4) is 5.75 Å². The lowest BCUT2D eigenvalue weighted by Gasteiger charge is -2.17. The zero-order valence-electron chi connectivity index (χ0n) is 14.7. The third kappa shape index (κ3) is 3.96. The normalized spacial score (nSPS) is 15.8. The summed E-state index contributed by atoms with van der Waals surface area (Å²) in [4.78, 5) is 23.7. The monoisotopic (exact) mass is 348 g/mol. The van der Waals surface area contributed by atoms with E-state index >= 15 is 0 Å². The molecule has 0 saturated carbocycles. The molecule has 0 radical (unpaired) electrons. The number of nitrogens with zero attached hydrogens (tertiary/aromatic N) is 2. The molecule has 0 amide bonds. The highest BCUT2D eigenvalue weighted by atomic mass is 16.5. The van der Waals surface area contributed by atoms with Crippen LogP contribution in [0.3, 0.4) is 0 Å². The summed E-state index contributed by atoms with van der Waals surface area (Å²) >= 11 is 0. The van der Waals surface area contributed by atoms with E-state index in [-0.39, 0.29) is 11.5 Å². The third-order valence-corrected chi connectivity index (χ3v) is 4.14. The van der Waals surface area contributed by atoms with Gasteiger partial charge in [0.05, 0.1) is 23.7 Å². The fourth-order valence-electron chi connectivity index (χ4n) is 2.85. The number of rotatable bonds is 6. The van der Waals surface area contributed by atoms with Crippen LogP contribution in [0, 0.1) is 5.92 Å². The number of ketones is 1. The molecule has 0 fully saturated rings. The minimum Gasteiger partial charge on any atom is -0.481 e. The van der Waals surface area contributed by atoms with E-state index in [0.29, 0.717) is 12.1 Å². The van der Waals surface area contributed by atoms with Crippen LogP contribution in [0.15, 0.2) is 47.6 Å². The van der Waals surface area contributed by atoms with Crippen LogP contribution >= 0.6 is 0 Å². The first-order valence-electron chi connectivity index (χ1n) is 8.32. The van der Waals surface area contributed by atoms with Crippen LogP contribution in [0.1, 0.15) is 10.4 Å². The molecule has 2 aromatic carbocycles. The van der Waals surface area contributed by atoms with E-state index in [4.69, 9.17) is 9.84 Å². The van der Waals surface area contributed by atoms with Crippen molar-refractivity contribution in [2.75, 3.05) is 18.2 Å². The van der Waals surface area contributed by atoms with Crippen LogP contribution in [-0.2, 0) is 4.79 Å². The number of hydrogen-bond acceptors (Lipinski definition) is 5. The largest absolute Gasteiger partial charge is 0.481 e. The van der Waals surface area contributed by atoms with Gasteiger partial charge in [-0.05, 0) is 18.2 Å². The first-order valence-corrected chi connectivity index (χ1v) is 8.32. The van der Waals surface area contributed by atoms with Crippen LogP contribution in [0.2, 0.25) is 0 Å². The summed E-state index contributed by atoms with van der Waals surface area (Å²) in [7, 11) is 3.88. The summed E-state index contributed by atoms with van der Waals surface area (Å²) in [6, 6.07) is 13.1. The number of aliphatic carboxylic acids is 1. The van der Waals surface area contributed by atoms with E-state index in [1.807, 2.05) is 40.0 Å². The number of carboxylic acid groups (broad SMARTS) is 1. The smallest absolute Gasteiger partial charge is 0.341 e. The number of anilines is 1. The number of carbonyl (C=O) groups is 2. The van der Waals surface area contributed by atoms with Crippen molar-refractivity contribution in [1.82, 2.24) is 0 Å². The molecule has 0 bridgehead atoms. The fraction of sp³-hybridized carbons (Fsp3) is 0.167. The maximum absolute atomic E-state index is 13.0. The van der Waals surface area contributed by atoms with E-state index < -0.39 is 18.5 Å². The number of hydrogen-bond donors (Lipinski definition) is 1. The second-order valence-electron chi connectivity index (χ2n) is 6.34. The lowest BCUT2D eigenvalue weighted by molar-refractivity contribution is -0.139. The predicted octanol–water partition coefficient (Wildman–Crippen LogP) is -1.03. The molecule has 6 nitrogen and oxygen atoms in total. The van der Waals surface area contributed by atoms with E-state index in [9.17, 15) is 9.59 Å². The first-order chi connectivity index (χ1) is 12.4. The lowest BCUT2D eigenvalue weighted by Crippen LogP contribution is -2.26. The summed E-state index contributed by atoms with van der Waals surface area (Å²) in [5.74, 6) is -1.35. The van der Waals surface area contributed by atoms with E-state index in [0.717, 1.165) is 16.6 Å². The van der Waals surface area contributed by atoms with Gasteiger partial charge in [0.25, 0.3) is 0 Å². The number of ether oxygens (including phenoxy) is 1. The molecule has 1 aliphatic heterocycles. The molecule has 1 unspecified atom stereocenters. The van der Waals surface area contributed by atoms with Gasteiger partial charge in [0, 0.05) is 6.21 Å². The molecule has 1 aliphatic rings. The van der Waals surface area contributed by atoms with Gasteiger partial charge in [-0.1, -0.05) is 35.2 Å². The zero-order valence-corrected chi connectivity index (χ0v) is 14.7. The van der Waals surface area contributed by atoms with Crippen molar-refractivity contribution in [3.05, 3.63) is 48.0 Å². The molecule has 3 rings (SSSR count). The number of carboxylic acids is 1. The molecule has 1 N–H and O–H groups in total. The van der Waals surface area contributed by atoms with Crippen LogP contribution < -0.4 is 20.7 Å². The van der Waals surface area contributed by atoms with Gasteiger partial charge in [0.2, 0.25) is 0 Å². The molecule has 0 aromatic heterocycles. The van der Waals surface area contributed by atoms with E-state index in [2.05, 4.69) is 5.10 Å². The average Bonchev–Trinajstić information content (AvgIpc) is 3.10. The Kier molecular flexibility index (Phi) is 5.11. The quantitative estimate of drug-likeness (QED) is 0.534. The zero-order chi connectivity index (χ0) is 18.7. The predicted molar refractivity (Wildman–Crippen MR) is 106 cm³/mol. The topological polar surface area (TPSA) is 79.2 Å². The Labute approximate surface area is 153 Å². The second kappa shape index (κ2) is 7.47. The van der Waals surface area contributed by atoms with Crippen LogP contribution in [0.25, 0.3) is 0 Å². The van der Waals surface area contributed by atoms with Gasteiger partial charge in [-0.2, -0.15) is 5.10 Å². The molecule has 8 heteroatoms. The minimum atomic E-state index is -1.09. The Hall–Kier alpha value is -3.02. The standard InChI is InChI=1S/C18H18B2N2O4/c19-12-2-1-3-14(6-12)22-9-11(8-21-22)18(25)15-7-13(20)4-5-16(15)26-10-17(23)24/h1-8,11H,9-10,19-20H2,(H,23,24). The maximum Gasteiger partial charge on any atom is 0.341 e. The highest BCUT2D eigenvalue weighted by Crippen LogP contribution is 2.25. The SMILES string of the molecule is Bc1cccc(N2CC(C(=O)c3cc(B)ccc3OCC(=O)O)C=N2)c1. The highest BCUT2D eigenvalue weighted by molar-refractivity contribution is 6.33. The van der Waals surface area contributed by atoms with Crippen molar-refractivity contribution < 1.29 is 19.4 Å². The van der Waals surface area contributed by atoms with Gasteiger partial charge < -0.3 is 9.84 Å². The molecular formula is C18H18B2N2O4. The molecule has 26 heavy (non-hydrogen) atoms. The van der Waals surface area contributed by atoms with Crippen LogP contribution in [-0.4, -0.2) is 51.9 Å². The van der Waals surface area contributed by atoms with Crippen LogP contribution in [0.5, 0.6) is 5.75 Å². The van der Waals surface area contributed by atoms with Crippen molar-refractivity contribution >= 4 is 50.3 Å². The Morgan fingerprint density at radius 2 is 1.96 bits per heavy atom. The first kappa shape index (κ1) is 17.8. The summed E-state index contributed by atoms with van der Waals surface area (Å²) in [5, 5.41) is 15.0. The summed E-state index contributed by atoms with van der Waals surface area (Å²) in [6.07, 6.45) is 1.63. The number of hydrazone groups is 1. The van der Waals surface area contributed by atoms with Crippen LogP contribution in [0.4, 0.5) is 5.69 Å². The van der Waals surface area contributed by atoms with Gasteiger partial charge >= 0.3 is 5.97 Å². The molecule has 1 atom stereocenters. The van der Waals surface area contributed by atoms with Gasteiger partial charge in [0.15, 0.2) is 12.4 Å².